The predicted molar refractivity (Wildman–Crippen MR) is 115 cm³/mol. The summed E-state index contributed by atoms with van der Waals surface area (Å²) < 4.78 is 33.8. The van der Waals surface area contributed by atoms with Gasteiger partial charge in [-0.15, -0.1) is 10.2 Å². The van der Waals surface area contributed by atoms with Crippen molar-refractivity contribution in [1.29, 1.82) is 0 Å². The smallest absolute Gasteiger partial charge is 0.242 e. The van der Waals surface area contributed by atoms with Crippen molar-refractivity contribution >= 4 is 38.5 Å². The van der Waals surface area contributed by atoms with E-state index in [1.54, 1.807) is 28.9 Å². The Bertz CT molecular complexity index is 1370. The lowest BCUT2D eigenvalue weighted by Crippen LogP contribution is -2.22. The fraction of sp³-hybridized carbons (Fsp3) is 0.150. The first kappa shape index (κ1) is 19.0. The molecule has 0 amide bonds. The average Bonchev–Trinajstić information content (AvgIpc) is 3.37. The Kier molecular flexibility index (Phi) is 4.49. The number of nitrogens with zero attached hydrogens (tertiary/aromatic N) is 5. The summed E-state index contributed by atoms with van der Waals surface area (Å²) in [5.74, 6) is 1.77. The van der Waals surface area contributed by atoms with Gasteiger partial charge in [0.25, 0.3) is 0 Å². The number of sulfonamides is 1. The molecule has 1 aliphatic rings. The summed E-state index contributed by atoms with van der Waals surface area (Å²) in [6, 6.07) is 16.4. The summed E-state index contributed by atoms with van der Waals surface area (Å²) in [7, 11) is -0.558. The summed E-state index contributed by atoms with van der Waals surface area (Å²) in [6.07, 6.45) is 0. The topological polar surface area (TPSA) is 93.6 Å². The van der Waals surface area contributed by atoms with Crippen LogP contribution in [-0.4, -0.2) is 53.2 Å². The van der Waals surface area contributed by atoms with Crippen LogP contribution in [0.15, 0.2) is 74.2 Å². The summed E-state index contributed by atoms with van der Waals surface area (Å²) >= 11 is 1.50. The molecule has 0 atom stereocenters. The van der Waals surface area contributed by atoms with Crippen molar-refractivity contribution in [2.45, 2.75) is 10.1 Å². The maximum absolute atomic E-state index is 12.5. The number of hydrogen-bond acceptors (Lipinski definition) is 7. The van der Waals surface area contributed by atoms with E-state index in [4.69, 9.17) is 9.52 Å². The number of rotatable bonds is 4. The molecule has 0 fully saturated rings. The fourth-order valence-corrected chi connectivity index (χ4v) is 4.92. The van der Waals surface area contributed by atoms with Crippen molar-refractivity contribution in [1.82, 2.24) is 19.2 Å². The number of para-hydroxylation sites is 1. The van der Waals surface area contributed by atoms with Gasteiger partial charge >= 0.3 is 0 Å². The number of aromatic nitrogens is 3. The van der Waals surface area contributed by atoms with E-state index in [2.05, 4.69) is 10.2 Å². The monoisotopic (exact) mass is 439 g/mol. The van der Waals surface area contributed by atoms with Gasteiger partial charge < -0.3 is 4.42 Å². The Morgan fingerprint density at radius 1 is 1.07 bits per heavy atom. The highest BCUT2D eigenvalue weighted by Crippen LogP contribution is 2.31. The minimum Gasteiger partial charge on any atom is -0.455 e. The van der Waals surface area contributed by atoms with Crippen molar-refractivity contribution in [3.63, 3.8) is 0 Å². The van der Waals surface area contributed by atoms with E-state index in [1.165, 1.54) is 30.2 Å². The van der Waals surface area contributed by atoms with E-state index >= 15 is 0 Å². The number of benzene rings is 2. The van der Waals surface area contributed by atoms with Crippen molar-refractivity contribution < 1.29 is 12.8 Å². The van der Waals surface area contributed by atoms with Crippen LogP contribution in [0, 0.1) is 0 Å². The van der Waals surface area contributed by atoms with Crippen LogP contribution in [0.1, 0.15) is 5.76 Å². The Balaban J connectivity index is 1.58. The van der Waals surface area contributed by atoms with Gasteiger partial charge in [0.2, 0.25) is 15.2 Å². The lowest BCUT2D eigenvalue weighted by molar-refractivity contribution is 0.521. The molecule has 0 saturated carbocycles. The molecule has 152 valence electrons. The second kappa shape index (κ2) is 7.08. The van der Waals surface area contributed by atoms with Crippen LogP contribution in [0.2, 0.25) is 0 Å². The van der Waals surface area contributed by atoms with Crippen LogP contribution < -0.4 is 0 Å². The Morgan fingerprint density at radius 3 is 2.70 bits per heavy atom. The van der Waals surface area contributed by atoms with Gasteiger partial charge in [0.05, 0.1) is 4.90 Å². The first-order chi connectivity index (χ1) is 14.4. The molecule has 5 rings (SSSR count). The quantitative estimate of drug-likeness (QED) is 0.484. The maximum Gasteiger partial charge on any atom is 0.242 e. The normalized spacial score (nSPS) is 14.2. The molecule has 0 unspecified atom stereocenters. The molecule has 0 bridgehead atoms. The van der Waals surface area contributed by atoms with E-state index in [0.717, 1.165) is 16.7 Å². The molecule has 2 aromatic heterocycles. The van der Waals surface area contributed by atoms with Crippen LogP contribution in [0.25, 0.3) is 22.4 Å². The molecular formula is C20H17N5O3S2. The van der Waals surface area contributed by atoms with Gasteiger partial charge in [-0.05, 0) is 24.3 Å². The fourth-order valence-electron chi connectivity index (χ4n) is 3.16. The van der Waals surface area contributed by atoms with Crippen LogP contribution in [0.4, 0.5) is 0 Å². The summed E-state index contributed by atoms with van der Waals surface area (Å²) in [5, 5.41) is 14.8. The molecule has 1 aliphatic heterocycles. The van der Waals surface area contributed by atoms with Gasteiger partial charge in [-0.25, -0.2) is 12.7 Å². The molecule has 0 radical (unpaired) electrons. The van der Waals surface area contributed by atoms with E-state index < -0.39 is 10.0 Å². The third-order valence-electron chi connectivity index (χ3n) is 4.75. The van der Waals surface area contributed by atoms with Gasteiger partial charge in [0.15, 0.2) is 11.6 Å². The second-order valence-corrected chi connectivity index (χ2v) is 10.0. The second-order valence-electron chi connectivity index (χ2n) is 6.92. The molecule has 0 aliphatic carbocycles. The Labute approximate surface area is 177 Å². The third kappa shape index (κ3) is 3.13. The van der Waals surface area contributed by atoms with Crippen molar-refractivity contribution in [2.75, 3.05) is 19.8 Å². The largest absolute Gasteiger partial charge is 0.455 e. The highest BCUT2D eigenvalue weighted by Gasteiger charge is 2.24. The van der Waals surface area contributed by atoms with Crippen LogP contribution in [0.5, 0.6) is 0 Å². The number of furan rings is 1. The molecule has 2 aromatic carbocycles. The van der Waals surface area contributed by atoms with Crippen molar-refractivity contribution in [2.24, 2.45) is 5.10 Å². The van der Waals surface area contributed by atoms with E-state index in [9.17, 15) is 8.42 Å². The number of thioether (sulfide) groups is 1. The van der Waals surface area contributed by atoms with Gasteiger partial charge in [0.1, 0.15) is 11.3 Å². The minimum absolute atomic E-state index is 0.187. The first-order valence-corrected chi connectivity index (χ1v) is 11.5. The number of fused-ring (bicyclic) bond motifs is 2. The molecule has 10 heteroatoms. The SMILES string of the molecule is CN(C)S(=O)(=O)c1cccc(-c2nnc3n2N=C(c2cc4ccccc4o2)CS3)c1. The Morgan fingerprint density at radius 2 is 1.90 bits per heavy atom. The van der Waals surface area contributed by atoms with E-state index in [0.29, 0.717) is 28.1 Å². The Hall–Kier alpha value is -2.95. The molecule has 0 N–H and O–H groups in total. The third-order valence-corrected chi connectivity index (χ3v) is 7.49. The summed E-state index contributed by atoms with van der Waals surface area (Å²) in [5.41, 5.74) is 2.19. The predicted octanol–water partition coefficient (Wildman–Crippen LogP) is 3.30. The minimum atomic E-state index is -3.56. The van der Waals surface area contributed by atoms with Gasteiger partial charge in [-0.2, -0.15) is 9.78 Å². The van der Waals surface area contributed by atoms with Crippen LogP contribution in [0.3, 0.4) is 0 Å². The molecule has 0 spiro atoms. The van der Waals surface area contributed by atoms with Gasteiger partial charge in [0, 0.05) is 30.8 Å². The van der Waals surface area contributed by atoms with Crippen LogP contribution in [-0.2, 0) is 10.0 Å². The molecule has 4 aromatic rings. The van der Waals surface area contributed by atoms with Crippen molar-refractivity contribution in [3.05, 3.63) is 60.4 Å². The molecular weight excluding hydrogens is 422 g/mol. The summed E-state index contributed by atoms with van der Waals surface area (Å²) in [6.45, 7) is 0. The molecule has 0 saturated heterocycles. The molecule has 30 heavy (non-hydrogen) atoms. The average molecular weight is 440 g/mol. The molecule has 3 heterocycles. The van der Waals surface area contributed by atoms with Crippen molar-refractivity contribution in [3.8, 4) is 11.4 Å². The lowest BCUT2D eigenvalue weighted by Gasteiger charge is -2.14. The van der Waals surface area contributed by atoms with E-state index in [-0.39, 0.29) is 4.90 Å². The van der Waals surface area contributed by atoms with Crippen LogP contribution >= 0.6 is 11.8 Å². The van der Waals surface area contributed by atoms with Gasteiger partial charge in [-0.3, -0.25) is 0 Å². The zero-order valence-electron chi connectivity index (χ0n) is 16.2. The summed E-state index contributed by atoms with van der Waals surface area (Å²) in [4.78, 5) is 0.187. The zero-order valence-corrected chi connectivity index (χ0v) is 17.8. The van der Waals surface area contributed by atoms with E-state index in [1.807, 2.05) is 30.3 Å². The maximum atomic E-state index is 12.5. The number of hydrogen-bond donors (Lipinski definition) is 0. The first-order valence-electron chi connectivity index (χ1n) is 9.11. The molecule has 8 nitrogen and oxygen atoms in total. The van der Waals surface area contributed by atoms with Gasteiger partial charge in [-0.1, -0.05) is 42.1 Å². The standard InChI is InChI=1S/C20H17N5O3S2/c1-24(2)30(26,27)15-8-5-7-14(10-15)19-21-22-20-25(19)23-16(12-29-20)18-11-13-6-3-4-9-17(13)28-18/h3-11H,12H2,1-2H3. The highest BCUT2D eigenvalue weighted by molar-refractivity contribution is 7.99. The zero-order chi connectivity index (χ0) is 20.9. The highest BCUT2D eigenvalue weighted by atomic mass is 32.2. The lowest BCUT2D eigenvalue weighted by atomic mass is 10.2.